The third kappa shape index (κ3) is 8.49. The Morgan fingerprint density at radius 1 is 1.05 bits per heavy atom. The molecular weight excluding hydrogens is 578 g/mol. The number of benzene rings is 2. The van der Waals surface area contributed by atoms with E-state index in [2.05, 4.69) is 5.32 Å². The molecule has 2 amide bonds. The van der Waals surface area contributed by atoms with Crippen LogP contribution in [0.4, 0.5) is 18.9 Å². The maximum atomic E-state index is 13.6. The molecule has 13 heteroatoms. The Bertz CT molecular complexity index is 1280. The number of nitrogens with zero attached hydrogens (tertiary/aromatic N) is 2. The van der Waals surface area contributed by atoms with Gasteiger partial charge in [0.15, 0.2) is 0 Å². The molecular formula is C26H30Cl2F3N3O4S. The Morgan fingerprint density at radius 3 is 2.23 bits per heavy atom. The molecule has 3 rings (SSSR count). The van der Waals surface area contributed by atoms with Crippen LogP contribution >= 0.6 is 23.2 Å². The summed E-state index contributed by atoms with van der Waals surface area (Å²) in [5.74, 6) is -1.17. The predicted molar refractivity (Wildman–Crippen MR) is 145 cm³/mol. The lowest BCUT2D eigenvalue weighted by atomic mass is 9.95. The Balaban J connectivity index is 1.92. The fraction of sp³-hybridized carbons (Fsp3) is 0.462. The number of sulfonamides is 1. The van der Waals surface area contributed by atoms with E-state index in [1.165, 1.54) is 11.8 Å². The van der Waals surface area contributed by atoms with Gasteiger partial charge in [-0.15, -0.1) is 0 Å². The number of rotatable bonds is 9. The van der Waals surface area contributed by atoms with E-state index in [-0.39, 0.29) is 18.3 Å². The summed E-state index contributed by atoms with van der Waals surface area (Å²) < 4.78 is 66.2. The van der Waals surface area contributed by atoms with Crippen LogP contribution in [0.25, 0.3) is 0 Å². The lowest BCUT2D eigenvalue weighted by molar-refractivity contribution is -0.139. The number of hydrogen-bond donors (Lipinski definition) is 1. The Morgan fingerprint density at radius 2 is 1.67 bits per heavy atom. The third-order valence-electron chi connectivity index (χ3n) is 6.61. The first-order valence-electron chi connectivity index (χ1n) is 12.4. The number of alkyl halides is 3. The molecule has 39 heavy (non-hydrogen) atoms. The second-order valence-corrected chi connectivity index (χ2v) is 12.3. The molecule has 0 spiro atoms. The van der Waals surface area contributed by atoms with Crippen LogP contribution in [0, 0.1) is 0 Å². The van der Waals surface area contributed by atoms with Crippen molar-refractivity contribution in [2.45, 2.75) is 63.8 Å². The largest absolute Gasteiger partial charge is 0.417 e. The van der Waals surface area contributed by atoms with Crippen molar-refractivity contribution in [3.05, 3.63) is 63.6 Å². The summed E-state index contributed by atoms with van der Waals surface area (Å²) >= 11 is 11.7. The molecule has 1 fully saturated rings. The van der Waals surface area contributed by atoms with Crippen LogP contribution in [0.3, 0.4) is 0 Å². The summed E-state index contributed by atoms with van der Waals surface area (Å²) in [6, 6.07) is 8.14. The molecule has 1 N–H and O–H groups in total. The van der Waals surface area contributed by atoms with Gasteiger partial charge in [-0.1, -0.05) is 54.6 Å². The van der Waals surface area contributed by atoms with E-state index in [0.29, 0.717) is 21.0 Å². The molecule has 0 aliphatic heterocycles. The molecule has 0 unspecified atom stereocenters. The van der Waals surface area contributed by atoms with Gasteiger partial charge in [-0.05, 0) is 55.7 Å². The maximum Gasteiger partial charge on any atom is 0.417 e. The van der Waals surface area contributed by atoms with E-state index in [1.54, 1.807) is 24.3 Å². The maximum absolute atomic E-state index is 13.6. The van der Waals surface area contributed by atoms with Crippen molar-refractivity contribution in [1.82, 2.24) is 10.2 Å². The van der Waals surface area contributed by atoms with Gasteiger partial charge in [0, 0.05) is 17.6 Å². The van der Waals surface area contributed by atoms with Crippen LogP contribution in [0.5, 0.6) is 0 Å². The smallest absolute Gasteiger partial charge is 0.352 e. The Labute approximate surface area is 236 Å². The van der Waals surface area contributed by atoms with Crippen molar-refractivity contribution < 1.29 is 31.2 Å². The zero-order valence-electron chi connectivity index (χ0n) is 21.5. The third-order valence-corrected chi connectivity index (χ3v) is 8.33. The van der Waals surface area contributed by atoms with Crippen molar-refractivity contribution >= 4 is 50.7 Å². The molecule has 0 bridgehead atoms. The molecule has 0 heterocycles. The van der Waals surface area contributed by atoms with Crippen LogP contribution in [-0.4, -0.2) is 50.0 Å². The van der Waals surface area contributed by atoms with Gasteiger partial charge >= 0.3 is 6.18 Å². The summed E-state index contributed by atoms with van der Waals surface area (Å²) in [5.41, 5.74) is -0.990. The van der Waals surface area contributed by atoms with Crippen molar-refractivity contribution in [2.24, 2.45) is 0 Å². The highest BCUT2D eigenvalue weighted by Crippen LogP contribution is 2.37. The molecule has 7 nitrogen and oxygen atoms in total. The fourth-order valence-corrected chi connectivity index (χ4v) is 5.63. The number of halogens is 5. The minimum atomic E-state index is -4.84. The van der Waals surface area contributed by atoms with Gasteiger partial charge in [-0.3, -0.25) is 13.9 Å². The summed E-state index contributed by atoms with van der Waals surface area (Å²) in [7, 11) is -4.21. The van der Waals surface area contributed by atoms with Crippen molar-refractivity contribution in [1.29, 1.82) is 0 Å². The second-order valence-electron chi connectivity index (χ2n) is 9.60. The molecule has 1 aliphatic carbocycles. The van der Waals surface area contributed by atoms with Crippen molar-refractivity contribution in [2.75, 3.05) is 17.1 Å². The summed E-state index contributed by atoms with van der Waals surface area (Å²) in [5, 5.41) is 2.83. The zero-order chi connectivity index (χ0) is 29.0. The zero-order valence-corrected chi connectivity index (χ0v) is 23.8. The highest BCUT2D eigenvalue weighted by Gasteiger charge is 2.36. The van der Waals surface area contributed by atoms with Crippen molar-refractivity contribution in [3.8, 4) is 0 Å². The molecule has 2 aromatic carbocycles. The van der Waals surface area contributed by atoms with Gasteiger partial charge < -0.3 is 10.2 Å². The van der Waals surface area contributed by atoms with Crippen LogP contribution in [0.15, 0.2) is 42.5 Å². The average Bonchev–Trinajstić information content (AvgIpc) is 2.86. The van der Waals surface area contributed by atoms with Gasteiger partial charge in [0.05, 0.1) is 22.5 Å². The fourth-order valence-electron chi connectivity index (χ4n) is 4.44. The van der Waals surface area contributed by atoms with Crippen LogP contribution in [0.1, 0.15) is 50.2 Å². The second kappa shape index (κ2) is 12.8. The normalized spacial score (nSPS) is 15.5. The van der Waals surface area contributed by atoms with Gasteiger partial charge in [0.2, 0.25) is 21.8 Å². The minimum Gasteiger partial charge on any atom is -0.352 e. The van der Waals surface area contributed by atoms with E-state index in [4.69, 9.17) is 23.2 Å². The first kappa shape index (κ1) is 31.0. The number of amides is 2. The van der Waals surface area contributed by atoms with E-state index in [9.17, 15) is 31.2 Å². The minimum absolute atomic E-state index is 0.0245. The highest BCUT2D eigenvalue weighted by molar-refractivity contribution is 7.92. The van der Waals surface area contributed by atoms with Gasteiger partial charge in [-0.25, -0.2) is 8.42 Å². The quantitative estimate of drug-likeness (QED) is 0.399. The van der Waals surface area contributed by atoms with Gasteiger partial charge in [-0.2, -0.15) is 13.2 Å². The highest BCUT2D eigenvalue weighted by atomic mass is 35.5. The topological polar surface area (TPSA) is 86.8 Å². The standard InChI is InChI=1S/C26H30Cl2F3N3O4S/c1-17(25(36)32-20-6-4-3-5-7-20)33(15-18-8-10-19(27)11-9-18)24(35)16-34(39(2,37)38)21-12-13-23(28)22(14-21)26(29,30)31/h8-14,17,20H,3-7,15-16H2,1-2H3,(H,32,36)/t17-/m1/s1. The Kier molecular flexibility index (Phi) is 10.2. The first-order chi connectivity index (χ1) is 18.2. The van der Waals surface area contributed by atoms with Gasteiger partial charge in [0.25, 0.3) is 0 Å². The number of carbonyl (C=O) groups is 2. The molecule has 0 saturated heterocycles. The molecule has 2 aromatic rings. The predicted octanol–water partition coefficient (Wildman–Crippen LogP) is 5.64. The molecule has 1 saturated carbocycles. The first-order valence-corrected chi connectivity index (χ1v) is 15.0. The Hall–Kier alpha value is -2.50. The summed E-state index contributed by atoms with van der Waals surface area (Å²) in [4.78, 5) is 28.0. The molecule has 214 valence electrons. The number of carbonyl (C=O) groups excluding carboxylic acids is 2. The van der Waals surface area contributed by atoms with E-state index in [0.717, 1.165) is 50.5 Å². The lowest BCUT2D eigenvalue weighted by Crippen LogP contribution is -2.53. The number of nitrogens with one attached hydrogen (secondary N) is 1. The van der Waals surface area contributed by atoms with Crippen LogP contribution in [0.2, 0.25) is 10.0 Å². The number of anilines is 1. The van der Waals surface area contributed by atoms with Crippen LogP contribution < -0.4 is 9.62 Å². The molecule has 0 aromatic heterocycles. The van der Waals surface area contributed by atoms with E-state index >= 15 is 0 Å². The molecule has 1 atom stereocenters. The number of hydrogen-bond acceptors (Lipinski definition) is 4. The van der Waals surface area contributed by atoms with E-state index in [1.807, 2.05) is 0 Å². The van der Waals surface area contributed by atoms with Crippen molar-refractivity contribution in [3.63, 3.8) is 0 Å². The lowest BCUT2D eigenvalue weighted by Gasteiger charge is -2.33. The van der Waals surface area contributed by atoms with E-state index < -0.39 is 51.2 Å². The monoisotopic (exact) mass is 607 g/mol. The SMILES string of the molecule is C[C@H](C(=O)NC1CCCCC1)N(Cc1ccc(Cl)cc1)C(=O)CN(c1ccc(Cl)c(C(F)(F)F)c1)S(C)(=O)=O. The molecule has 1 aliphatic rings. The summed E-state index contributed by atoms with van der Waals surface area (Å²) in [6.45, 7) is 0.647. The van der Waals surface area contributed by atoms with Crippen LogP contribution in [-0.2, 0) is 32.3 Å². The average molecular weight is 609 g/mol. The van der Waals surface area contributed by atoms with Gasteiger partial charge in [0.1, 0.15) is 12.6 Å². The summed E-state index contributed by atoms with van der Waals surface area (Å²) in [6.07, 6.45) is 0.643. The molecule has 0 radical (unpaired) electrons.